The Kier molecular flexibility index (Phi) is 8.65. The minimum atomic E-state index is -2.32. The SMILES string of the molecule is CC(C)Sc1nn(C2OC(CO[Si](C)(C)C(C)(C)C)C(O[Si](C)(C)C(C)(C)C)C2F)c2ncnc(N)c12. The summed E-state index contributed by atoms with van der Waals surface area (Å²) < 4.78 is 37.6. The number of hydrogen-bond acceptors (Lipinski definition) is 8. The van der Waals surface area contributed by atoms with Crippen LogP contribution < -0.4 is 5.73 Å². The number of alkyl halides is 1. The molecule has 4 unspecified atom stereocenters. The number of aromatic nitrogens is 4. The van der Waals surface area contributed by atoms with E-state index in [9.17, 15) is 0 Å². The summed E-state index contributed by atoms with van der Waals surface area (Å²) in [5.41, 5.74) is 6.67. The molecular weight excluding hydrogens is 526 g/mol. The predicted molar refractivity (Wildman–Crippen MR) is 155 cm³/mol. The van der Waals surface area contributed by atoms with Crippen molar-refractivity contribution < 1.29 is 18.0 Å². The number of halogens is 1. The molecule has 12 heteroatoms. The molecule has 0 radical (unpaired) electrons. The van der Waals surface area contributed by atoms with Crippen LogP contribution in [0.3, 0.4) is 0 Å². The normalized spacial score (nSPS) is 23.9. The maximum atomic E-state index is 16.4. The third-order valence-electron chi connectivity index (χ3n) is 7.99. The summed E-state index contributed by atoms with van der Waals surface area (Å²) in [7, 11) is -4.41. The quantitative estimate of drug-likeness (QED) is 0.281. The highest BCUT2D eigenvalue weighted by atomic mass is 32.2. The van der Waals surface area contributed by atoms with Gasteiger partial charge in [0, 0.05) is 5.25 Å². The first-order valence-corrected chi connectivity index (χ1v) is 19.7. The van der Waals surface area contributed by atoms with Crippen molar-refractivity contribution in [2.24, 2.45) is 0 Å². The van der Waals surface area contributed by atoms with E-state index in [1.165, 1.54) is 11.0 Å². The fraction of sp³-hybridized carbons (Fsp3) is 0.800. The monoisotopic (exact) mass is 571 g/mol. The third kappa shape index (κ3) is 6.24. The highest BCUT2D eigenvalue weighted by molar-refractivity contribution is 8.00. The molecule has 1 aliphatic rings. The van der Waals surface area contributed by atoms with E-state index in [2.05, 4.69) is 91.5 Å². The minimum absolute atomic E-state index is 0.0194. The van der Waals surface area contributed by atoms with Crippen molar-refractivity contribution in [3.63, 3.8) is 0 Å². The van der Waals surface area contributed by atoms with Crippen molar-refractivity contribution in [2.45, 2.75) is 127 Å². The predicted octanol–water partition coefficient (Wildman–Crippen LogP) is 6.56. The van der Waals surface area contributed by atoms with Gasteiger partial charge >= 0.3 is 0 Å². The van der Waals surface area contributed by atoms with Gasteiger partial charge in [0.15, 0.2) is 34.7 Å². The van der Waals surface area contributed by atoms with E-state index in [0.29, 0.717) is 21.9 Å². The number of ether oxygens (including phenoxy) is 1. The van der Waals surface area contributed by atoms with Crippen molar-refractivity contribution in [3.8, 4) is 0 Å². The number of nitrogens with two attached hydrogens (primary N) is 1. The number of thioether (sulfide) groups is 1. The van der Waals surface area contributed by atoms with Crippen LogP contribution in [0.2, 0.25) is 36.3 Å². The number of nitrogens with zero attached hydrogens (tertiary/aromatic N) is 4. The summed E-state index contributed by atoms with van der Waals surface area (Å²) >= 11 is 1.54. The maximum absolute atomic E-state index is 16.4. The van der Waals surface area contributed by atoms with Gasteiger partial charge in [0.1, 0.15) is 29.4 Å². The van der Waals surface area contributed by atoms with Crippen LogP contribution in [0.5, 0.6) is 0 Å². The molecule has 1 fully saturated rings. The Morgan fingerprint density at radius 3 is 2.22 bits per heavy atom. The molecule has 0 aromatic carbocycles. The molecule has 4 atom stereocenters. The zero-order valence-corrected chi connectivity index (χ0v) is 27.4. The standard InChI is InChI=1S/C25H46FN5O3SSi2/c1-15(2)35-22-17-20(27)28-14-29-21(17)31(30-22)23-18(26)19(34-37(11,12)25(6,7)8)16(33-23)13-32-36(9,10)24(3,4)5/h14-16,18-19,23H,13H2,1-12H3,(H2,27,28,29). The molecule has 1 saturated heterocycles. The molecule has 2 N–H and O–H groups in total. The number of rotatable bonds is 8. The van der Waals surface area contributed by atoms with Gasteiger partial charge in [0.2, 0.25) is 0 Å². The first kappa shape index (κ1) is 30.5. The molecule has 0 amide bonds. The summed E-state index contributed by atoms with van der Waals surface area (Å²) in [6, 6.07) is 0. The summed E-state index contributed by atoms with van der Waals surface area (Å²) in [4.78, 5) is 8.57. The molecule has 0 bridgehead atoms. The number of hydrogen-bond donors (Lipinski definition) is 1. The molecule has 0 saturated carbocycles. The second-order valence-electron chi connectivity index (χ2n) is 13.3. The van der Waals surface area contributed by atoms with Crippen LogP contribution in [0.4, 0.5) is 10.2 Å². The largest absolute Gasteiger partial charge is 0.414 e. The van der Waals surface area contributed by atoms with Crippen molar-refractivity contribution >= 4 is 45.2 Å². The molecule has 1 aliphatic heterocycles. The molecule has 210 valence electrons. The summed E-state index contributed by atoms with van der Waals surface area (Å²) in [6.45, 7) is 26.0. The van der Waals surface area contributed by atoms with Gasteiger partial charge in [-0.1, -0.05) is 55.4 Å². The van der Waals surface area contributed by atoms with Crippen LogP contribution >= 0.6 is 11.8 Å². The zero-order chi connectivity index (χ0) is 28.1. The summed E-state index contributed by atoms with van der Waals surface area (Å²) in [5.74, 6) is 0.319. The number of nitrogen functional groups attached to an aromatic ring is 1. The van der Waals surface area contributed by atoms with Gasteiger partial charge in [-0.2, -0.15) is 5.10 Å². The first-order chi connectivity index (χ1) is 16.8. The topological polar surface area (TPSA) is 97.3 Å². The van der Waals surface area contributed by atoms with E-state index in [-0.39, 0.29) is 21.9 Å². The fourth-order valence-electron chi connectivity index (χ4n) is 3.64. The average molecular weight is 572 g/mol. The number of anilines is 1. The van der Waals surface area contributed by atoms with Gasteiger partial charge in [0.25, 0.3) is 0 Å². The van der Waals surface area contributed by atoms with Gasteiger partial charge in [-0.15, -0.1) is 11.8 Å². The Bertz CT molecular complexity index is 1100. The third-order valence-corrected chi connectivity index (χ3v) is 17.9. The molecule has 3 heterocycles. The Morgan fingerprint density at radius 1 is 1.08 bits per heavy atom. The van der Waals surface area contributed by atoms with Crippen LogP contribution in [-0.4, -0.2) is 66.6 Å². The van der Waals surface area contributed by atoms with Crippen molar-refractivity contribution in [2.75, 3.05) is 12.3 Å². The second-order valence-corrected chi connectivity index (χ2v) is 24.4. The van der Waals surface area contributed by atoms with Gasteiger partial charge in [0.05, 0.1) is 12.0 Å². The Hall–Kier alpha value is -1.06. The lowest BCUT2D eigenvalue weighted by atomic mass is 10.1. The Labute approximate surface area is 227 Å². The fourth-order valence-corrected chi connectivity index (χ4v) is 6.86. The van der Waals surface area contributed by atoms with Crippen LogP contribution in [0.15, 0.2) is 11.4 Å². The van der Waals surface area contributed by atoms with Crippen molar-refractivity contribution in [1.82, 2.24) is 19.7 Å². The van der Waals surface area contributed by atoms with Crippen molar-refractivity contribution in [3.05, 3.63) is 6.33 Å². The van der Waals surface area contributed by atoms with Crippen LogP contribution in [0.1, 0.15) is 61.6 Å². The second kappa shape index (κ2) is 10.5. The lowest BCUT2D eigenvalue weighted by molar-refractivity contribution is -0.0474. The Balaban J connectivity index is 2.03. The average Bonchev–Trinajstić information content (AvgIpc) is 3.23. The molecule has 0 aliphatic carbocycles. The first-order valence-electron chi connectivity index (χ1n) is 13.0. The van der Waals surface area contributed by atoms with E-state index in [0.717, 1.165) is 0 Å². The highest BCUT2D eigenvalue weighted by Gasteiger charge is 2.53. The molecule has 0 spiro atoms. The molecule has 37 heavy (non-hydrogen) atoms. The van der Waals surface area contributed by atoms with E-state index in [1.807, 2.05) is 0 Å². The highest BCUT2D eigenvalue weighted by Crippen LogP contribution is 2.44. The van der Waals surface area contributed by atoms with Gasteiger partial charge in [-0.3, -0.25) is 0 Å². The number of fused-ring (bicyclic) bond motifs is 1. The van der Waals surface area contributed by atoms with Crippen LogP contribution in [0, 0.1) is 0 Å². The van der Waals surface area contributed by atoms with Crippen LogP contribution in [0.25, 0.3) is 11.0 Å². The maximum Gasteiger partial charge on any atom is 0.192 e. The Morgan fingerprint density at radius 2 is 1.68 bits per heavy atom. The molecule has 3 rings (SSSR count). The van der Waals surface area contributed by atoms with E-state index >= 15 is 4.39 Å². The van der Waals surface area contributed by atoms with Gasteiger partial charge in [-0.05, 0) is 36.3 Å². The van der Waals surface area contributed by atoms with Gasteiger partial charge in [-0.25, -0.2) is 19.0 Å². The smallest absolute Gasteiger partial charge is 0.192 e. The van der Waals surface area contributed by atoms with E-state index < -0.39 is 41.2 Å². The van der Waals surface area contributed by atoms with Crippen LogP contribution in [-0.2, 0) is 13.6 Å². The molecule has 8 nitrogen and oxygen atoms in total. The molecule has 2 aromatic rings. The summed E-state index contributed by atoms with van der Waals surface area (Å²) in [5, 5.41) is 6.21. The molecule has 2 aromatic heterocycles. The lowest BCUT2D eigenvalue weighted by Gasteiger charge is -2.40. The molecular formula is C25H46FN5O3SSi2. The van der Waals surface area contributed by atoms with E-state index in [4.69, 9.17) is 24.4 Å². The van der Waals surface area contributed by atoms with Gasteiger partial charge < -0.3 is 19.3 Å². The lowest BCUT2D eigenvalue weighted by Crippen LogP contribution is -2.50. The summed E-state index contributed by atoms with van der Waals surface area (Å²) in [6.07, 6.45) is -2.46. The zero-order valence-electron chi connectivity index (χ0n) is 24.5. The van der Waals surface area contributed by atoms with Crippen molar-refractivity contribution in [1.29, 1.82) is 0 Å². The minimum Gasteiger partial charge on any atom is -0.414 e. The van der Waals surface area contributed by atoms with E-state index in [1.54, 1.807) is 11.8 Å².